The molecule has 0 bridgehead atoms. The van der Waals surface area contributed by atoms with Gasteiger partial charge < -0.3 is 10.6 Å². The predicted octanol–water partition coefficient (Wildman–Crippen LogP) is 3.47. The largest absolute Gasteiger partial charge is 0.338 e. The Kier molecular flexibility index (Phi) is 4.81. The van der Waals surface area contributed by atoms with E-state index in [1.54, 1.807) is 18.2 Å². The molecule has 0 heterocycles. The van der Waals surface area contributed by atoms with Gasteiger partial charge in [0.25, 0.3) is 0 Å². The smallest absolute Gasteiger partial charge is 0.319 e. The first-order valence-corrected chi connectivity index (χ1v) is 6.29. The molecule has 0 aliphatic rings. The van der Waals surface area contributed by atoms with Crippen LogP contribution in [0.3, 0.4) is 0 Å². The van der Waals surface area contributed by atoms with Gasteiger partial charge in [0.2, 0.25) is 0 Å². The molecular formula is C15H13F3N2O. The molecule has 0 saturated heterocycles. The molecule has 2 aromatic carbocycles. The zero-order valence-electron chi connectivity index (χ0n) is 11.0. The van der Waals surface area contributed by atoms with Crippen LogP contribution in [0.4, 0.5) is 23.7 Å². The number of halogens is 3. The molecule has 0 aliphatic heterocycles. The lowest BCUT2D eigenvalue weighted by molar-refractivity contribution is 0.252. The maximum Gasteiger partial charge on any atom is 0.319 e. The van der Waals surface area contributed by atoms with E-state index >= 15 is 0 Å². The van der Waals surface area contributed by atoms with E-state index in [9.17, 15) is 18.0 Å². The molecule has 0 aromatic heterocycles. The quantitative estimate of drug-likeness (QED) is 0.890. The topological polar surface area (TPSA) is 41.1 Å². The van der Waals surface area contributed by atoms with Gasteiger partial charge in [-0.25, -0.2) is 18.0 Å². The standard InChI is InChI=1S/C15H13F3N2O/c16-11-5-6-13(18)14(9-11)20-15(21)19-8-7-10-3-1-2-4-12(10)17/h1-6,9H,7-8H2,(H2,19,20,21). The van der Waals surface area contributed by atoms with Crippen molar-refractivity contribution in [2.24, 2.45) is 0 Å². The van der Waals surface area contributed by atoms with Crippen molar-refractivity contribution in [3.8, 4) is 0 Å². The number of carbonyl (C=O) groups excluding carboxylic acids is 1. The van der Waals surface area contributed by atoms with Gasteiger partial charge in [0.1, 0.15) is 17.5 Å². The summed E-state index contributed by atoms with van der Waals surface area (Å²) in [7, 11) is 0. The maximum atomic E-state index is 13.3. The van der Waals surface area contributed by atoms with Crippen molar-refractivity contribution in [2.45, 2.75) is 6.42 Å². The Balaban J connectivity index is 1.85. The zero-order valence-corrected chi connectivity index (χ0v) is 11.0. The summed E-state index contributed by atoms with van der Waals surface area (Å²) in [5, 5.41) is 4.64. The molecule has 2 rings (SSSR count). The fourth-order valence-corrected chi connectivity index (χ4v) is 1.77. The van der Waals surface area contributed by atoms with E-state index in [0.29, 0.717) is 12.0 Å². The molecule has 0 fully saturated rings. The summed E-state index contributed by atoms with van der Waals surface area (Å²) in [5.41, 5.74) is 0.216. The number of hydrogen-bond donors (Lipinski definition) is 2. The minimum atomic E-state index is -0.736. The number of anilines is 1. The summed E-state index contributed by atoms with van der Waals surface area (Å²) in [6.45, 7) is 0.170. The van der Waals surface area contributed by atoms with E-state index in [1.165, 1.54) is 6.07 Å². The minimum Gasteiger partial charge on any atom is -0.338 e. The van der Waals surface area contributed by atoms with Crippen LogP contribution in [0.1, 0.15) is 5.56 Å². The molecule has 3 nitrogen and oxygen atoms in total. The SMILES string of the molecule is O=C(NCCc1ccccc1F)Nc1cc(F)ccc1F. The third-order valence-electron chi connectivity index (χ3n) is 2.81. The van der Waals surface area contributed by atoms with Crippen molar-refractivity contribution in [1.29, 1.82) is 0 Å². The van der Waals surface area contributed by atoms with Gasteiger partial charge in [0, 0.05) is 12.6 Å². The van der Waals surface area contributed by atoms with Gasteiger partial charge in [0.05, 0.1) is 5.69 Å². The Hall–Kier alpha value is -2.50. The number of rotatable bonds is 4. The number of nitrogens with one attached hydrogen (secondary N) is 2. The van der Waals surface area contributed by atoms with Crippen LogP contribution < -0.4 is 10.6 Å². The van der Waals surface area contributed by atoms with Crippen LogP contribution in [0.5, 0.6) is 0 Å². The maximum absolute atomic E-state index is 13.3. The second kappa shape index (κ2) is 6.78. The molecule has 2 aromatic rings. The number of carbonyl (C=O) groups is 1. The van der Waals surface area contributed by atoms with Gasteiger partial charge in [0.15, 0.2) is 0 Å². The van der Waals surface area contributed by atoms with E-state index in [4.69, 9.17) is 0 Å². The lowest BCUT2D eigenvalue weighted by Crippen LogP contribution is -2.30. The highest BCUT2D eigenvalue weighted by molar-refractivity contribution is 5.89. The molecule has 0 aliphatic carbocycles. The highest BCUT2D eigenvalue weighted by Crippen LogP contribution is 2.14. The molecule has 0 atom stereocenters. The molecule has 0 spiro atoms. The van der Waals surface area contributed by atoms with Crippen molar-refractivity contribution in [2.75, 3.05) is 11.9 Å². The van der Waals surface area contributed by atoms with Gasteiger partial charge in [-0.05, 0) is 30.2 Å². The highest BCUT2D eigenvalue weighted by Gasteiger charge is 2.08. The second-order valence-corrected chi connectivity index (χ2v) is 4.35. The Morgan fingerprint density at radius 3 is 2.52 bits per heavy atom. The van der Waals surface area contributed by atoms with E-state index < -0.39 is 17.7 Å². The Bertz CT molecular complexity index is 647. The molecule has 0 unspecified atom stereocenters. The number of amides is 2. The highest BCUT2D eigenvalue weighted by atomic mass is 19.1. The first-order valence-electron chi connectivity index (χ1n) is 6.29. The van der Waals surface area contributed by atoms with Crippen LogP contribution in [-0.2, 0) is 6.42 Å². The number of hydrogen-bond acceptors (Lipinski definition) is 1. The van der Waals surface area contributed by atoms with Gasteiger partial charge >= 0.3 is 6.03 Å². The van der Waals surface area contributed by atoms with Crippen LogP contribution in [0.25, 0.3) is 0 Å². The van der Waals surface area contributed by atoms with Crippen molar-refractivity contribution < 1.29 is 18.0 Å². The van der Waals surface area contributed by atoms with E-state index in [2.05, 4.69) is 10.6 Å². The van der Waals surface area contributed by atoms with Crippen molar-refractivity contribution in [3.63, 3.8) is 0 Å². The summed E-state index contributed by atoms with van der Waals surface area (Å²) in [6.07, 6.45) is 0.297. The third kappa shape index (κ3) is 4.24. The molecule has 0 radical (unpaired) electrons. The van der Waals surface area contributed by atoms with Gasteiger partial charge in [-0.2, -0.15) is 0 Å². The lowest BCUT2D eigenvalue weighted by Gasteiger charge is -2.09. The second-order valence-electron chi connectivity index (χ2n) is 4.35. The summed E-state index contributed by atoms with van der Waals surface area (Å²) in [5.74, 6) is -1.74. The summed E-state index contributed by atoms with van der Waals surface area (Å²) >= 11 is 0. The average molecular weight is 294 g/mol. The average Bonchev–Trinajstić information content (AvgIpc) is 2.45. The van der Waals surface area contributed by atoms with Gasteiger partial charge in [-0.3, -0.25) is 0 Å². The summed E-state index contributed by atoms with van der Waals surface area (Å²) in [4.78, 5) is 11.5. The van der Waals surface area contributed by atoms with Crippen molar-refractivity contribution >= 4 is 11.7 Å². The number of urea groups is 1. The van der Waals surface area contributed by atoms with Crippen molar-refractivity contribution in [3.05, 3.63) is 65.5 Å². The summed E-state index contributed by atoms with van der Waals surface area (Å²) in [6, 6.07) is 8.29. The molecule has 2 N–H and O–H groups in total. The molecule has 110 valence electrons. The van der Waals surface area contributed by atoms with Crippen LogP contribution in [0.15, 0.2) is 42.5 Å². The van der Waals surface area contributed by atoms with E-state index in [1.807, 2.05) is 0 Å². The Morgan fingerprint density at radius 1 is 1.00 bits per heavy atom. The Morgan fingerprint density at radius 2 is 1.76 bits per heavy atom. The van der Waals surface area contributed by atoms with E-state index in [0.717, 1.165) is 18.2 Å². The molecule has 2 amide bonds. The van der Waals surface area contributed by atoms with E-state index in [-0.39, 0.29) is 18.0 Å². The van der Waals surface area contributed by atoms with Crippen LogP contribution in [0.2, 0.25) is 0 Å². The molecular weight excluding hydrogens is 281 g/mol. The first-order chi connectivity index (χ1) is 10.1. The Labute approximate surface area is 119 Å². The fraction of sp³-hybridized carbons (Fsp3) is 0.133. The van der Waals surface area contributed by atoms with Crippen molar-refractivity contribution in [1.82, 2.24) is 5.32 Å². The van der Waals surface area contributed by atoms with Crippen LogP contribution in [0, 0.1) is 17.5 Å². The molecule has 0 saturated carbocycles. The van der Waals surface area contributed by atoms with Gasteiger partial charge in [-0.15, -0.1) is 0 Å². The number of benzene rings is 2. The van der Waals surface area contributed by atoms with Crippen LogP contribution in [-0.4, -0.2) is 12.6 Å². The monoisotopic (exact) mass is 294 g/mol. The molecule has 21 heavy (non-hydrogen) atoms. The first kappa shape index (κ1) is 14.9. The lowest BCUT2D eigenvalue weighted by atomic mass is 10.1. The van der Waals surface area contributed by atoms with Crippen LogP contribution >= 0.6 is 0 Å². The van der Waals surface area contributed by atoms with Gasteiger partial charge in [-0.1, -0.05) is 18.2 Å². The minimum absolute atomic E-state index is 0.170. The molecule has 6 heteroatoms. The zero-order chi connectivity index (χ0) is 15.2. The predicted molar refractivity (Wildman–Crippen MR) is 73.5 cm³/mol. The normalized spacial score (nSPS) is 10.2. The summed E-state index contributed by atoms with van der Waals surface area (Å²) < 4.78 is 39.6. The third-order valence-corrected chi connectivity index (χ3v) is 2.81. The fourth-order valence-electron chi connectivity index (χ4n) is 1.77.